The molecule has 0 aliphatic carbocycles. The number of halogens is 1. The first kappa shape index (κ1) is 16.9. The van der Waals surface area contributed by atoms with Crippen molar-refractivity contribution in [3.8, 4) is 0 Å². The highest BCUT2D eigenvalue weighted by Crippen LogP contribution is 2.33. The first-order chi connectivity index (χ1) is 9.76. The average Bonchev–Trinajstić information content (AvgIpc) is 2.37. The zero-order valence-electron chi connectivity index (χ0n) is 12.8. The van der Waals surface area contributed by atoms with E-state index in [1.54, 1.807) is 10.4 Å². The van der Waals surface area contributed by atoms with E-state index in [0.717, 1.165) is 24.9 Å². The fourth-order valence-corrected chi connectivity index (χ4v) is 5.53. The van der Waals surface area contributed by atoms with Gasteiger partial charge in [-0.2, -0.15) is 4.31 Å². The van der Waals surface area contributed by atoms with Gasteiger partial charge in [0.25, 0.3) is 0 Å². The molecule has 1 aliphatic heterocycles. The summed E-state index contributed by atoms with van der Waals surface area (Å²) in [5, 5.41) is 3.06. The van der Waals surface area contributed by atoms with Gasteiger partial charge in [-0.3, -0.25) is 0 Å². The lowest BCUT2D eigenvalue weighted by Crippen LogP contribution is -2.43. The number of rotatable bonds is 4. The number of benzene rings is 1. The van der Waals surface area contributed by atoms with Gasteiger partial charge in [0.15, 0.2) is 0 Å². The van der Waals surface area contributed by atoms with Crippen LogP contribution < -0.4 is 5.32 Å². The van der Waals surface area contributed by atoms with Gasteiger partial charge in [0.05, 0.1) is 4.90 Å². The normalized spacial score (nSPS) is 19.6. The minimum Gasteiger partial charge on any atom is -0.316 e. The molecule has 0 aromatic heterocycles. The molecule has 0 unspecified atom stereocenters. The van der Waals surface area contributed by atoms with Gasteiger partial charge in [-0.15, -0.1) is 0 Å². The lowest BCUT2D eigenvalue weighted by atomic mass is 9.85. The van der Waals surface area contributed by atoms with Gasteiger partial charge in [-0.25, -0.2) is 8.42 Å². The summed E-state index contributed by atoms with van der Waals surface area (Å²) >= 11 is 3.41. The molecule has 1 N–H and O–H groups in total. The molecule has 118 valence electrons. The van der Waals surface area contributed by atoms with Gasteiger partial charge in [0.2, 0.25) is 10.0 Å². The molecule has 1 fully saturated rings. The fourth-order valence-electron chi connectivity index (χ4n) is 2.78. The molecule has 2 rings (SSSR count). The Morgan fingerprint density at radius 2 is 2.10 bits per heavy atom. The molecule has 0 bridgehead atoms. The summed E-state index contributed by atoms with van der Waals surface area (Å²) in [5.41, 5.74) is 1.10. The van der Waals surface area contributed by atoms with E-state index >= 15 is 0 Å². The van der Waals surface area contributed by atoms with Gasteiger partial charge in [-0.1, -0.05) is 19.9 Å². The SMILES string of the molecule is CNCc1ccc(S(=O)(=O)N2CCCC(C)(C)C2)c(Br)c1. The van der Waals surface area contributed by atoms with Crippen LogP contribution in [0.3, 0.4) is 0 Å². The Morgan fingerprint density at radius 3 is 2.67 bits per heavy atom. The topological polar surface area (TPSA) is 49.4 Å². The quantitative estimate of drug-likeness (QED) is 0.880. The number of hydrogen-bond acceptors (Lipinski definition) is 3. The standard InChI is InChI=1S/C15H23BrN2O2S/c1-15(2)7-4-8-18(11-15)21(19,20)14-6-5-12(10-17-3)9-13(14)16/h5-6,9,17H,4,7-8,10-11H2,1-3H3. The van der Waals surface area contributed by atoms with Gasteiger partial charge in [0, 0.05) is 24.1 Å². The van der Waals surface area contributed by atoms with Crippen LogP contribution in [0.25, 0.3) is 0 Å². The largest absolute Gasteiger partial charge is 0.316 e. The Morgan fingerprint density at radius 1 is 1.38 bits per heavy atom. The maximum atomic E-state index is 12.8. The first-order valence-electron chi connectivity index (χ1n) is 7.19. The maximum absolute atomic E-state index is 12.8. The van der Waals surface area contributed by atoms with E-state index in [2.05, 4.69) is 35.1 Å². The van der Waals surface area contributed by atoms with Crippen LogP contribution >= 0.6 is 15.9 Å². The third-order valence-electron chi connectivity index (χ3n) is 3.86. The third-order valence-corrected chi connectivity index (χ3v) is 6.68. The van der Waals surface area contributed by atoms with Crippen LogP contribution in [-0.4, -0.2) is 32.9 Å². The van der Waals surface area contributed by atoms with Crippen LogP contribution in [0, 0.1) is 5.41 Å². The minimum atomic E-state index is -3.43. The molecular weight excluding hydrogens is 352 g/mol. The predicted molar refractivity (Wildman–Crippen MR) is 88.7 cm³/mol. The van der Waals surface area contributed by atoms with Gasteiger partial charge in [0.1, 0.15) is 0 Å². The van der Waals surface area contributed by atoms with Crippen LogP contribution in [0.4, 0.5) is 0 Å². The predicted octanol–water partition coefficient (Wildman–Crippen LogP) is 2.98. The molecule has 1 saturated heterocycles. The van der Waals surface area contributed by atoms with Crippen molar-refractivity contribution in [2.45, 2.75) is 38.1 Å². The summed E-state index contributed by atoms with van der Waals surface area (Å²) in [4.78, 5) is 0.361. The van der Waals surface area contributed by atoms with E-state index in [1.807, 2.05) is 19.2 Å². The highest BCUT2D eigenvalue weighted by Gasteiger charge is 2.34. The number of nitrogens with one attached hydrogen (secondary N) is 1. The van der Waals surface area contributed by atoms with Crippen LogP contribution in [0.15, 0.2) is 27.6 Å². The zero-order chi connectivity index (χ0) is 15.7. The van der Waals surface area contributed by atoms with E-state index in [9.17, 15) is 8.42 Å². The van der Waals surface area contributed by atoms with E-state index in [-0.39, 0.29) is 5.41 Å². The lowest BCUT2D eigenvalue weighted by molar-refractivity contribution is 0.187. The smallest absolute Gasteiger partial charge is 0.244 e. The Kier molecular flexibility index (Phi) is 5.13. The molecule has 1 aromatic carbocycles. The molecule has 0 saturated carbocycles. The summed E-state index contributed by atoms with van der Waals surface area (Å²) in [6.45, 7) is 6.16. The minimum absolute atomic E-state index is 0.0455. The van der Waals surface area contributed by atoms with Crippen molar-refractivity contribution >= 4 is 26.0 Å². The Bertz CT molecular complexity index is 614. The monoisotopic (exact) mass is 374 g/mol. The maximum Gasteiger partial charge on any atom is 0.244 e. The summed E-state index contributed by atoms with van der Waals surface area (Å²) in [6, 6.07) is 5.44. The summed E-state index contributed by atoms with van der Waals surface area (Å²) in [7, 11) is -1.56. The van der Waals surface area contributed by atoms with Crippen molar-refractivity contribution in [1.82, 2.24) is 9.62 Å². The van der Waals surface area contributed by atoms with Gasteiger partial charge < -0.3 is 5.32 Å². The van der Waals surface area contributed by atoms with E-state index in [4.69, 9.17) is 0 Å². The van der Waals surface area contributed by atoms with Gasteiger partial charge in [-0.05, 0) is 58.9 Å². The van der Waals surface area contributed by atoms with Crippen molar-refractivity contribution in [1.29, 1.82) is 0 Å². The number of sulfonamides is 1. The molecule has 6 heteroatoms. The average molecular weight is 375 g/mol. The van der Waals surface area contributed by atoms with Crippen LogP contribution in [0.1, 0.15) is 32.3 Å². The molecule has 0 radical (unpaired) electrons. The lowest BCUT2D eigenvalue weighted by Gasteiger charge is -2.37. The summed E-state index contributed by atoms with van der Waals surface area (Å²) in [6.07, 6.45) is 1.99. The second-order valence-corrected chi connectivity index (χ2v) is 9.16. The summed E-state index contributed by atoms with van der Waals surface area (Å²) in [5.74, 6) is 0. The van der Waals surface area contributed by atoms with Crippen LogP contribution in [0.2, 0.25) is 0 Å². The van der Waals surface area contributed by atoms with Crippen molar-refractivity contribution in [3.05, 3.63) is 28.2 Å². The Balaban J connectivity index is 2.31. The Hall–Kier alpha value is -0.430. The number of piperidine rings is 1. The molecule has 0 amide bonds. The van der Waals surface area contributed by atoms with Gasteiger partial charge >= 0.3 is 0 Å². The van der Waals surface area contributed by atoms with E-state index < -0.39 is 10.0 Å². The zero-order valence-corrected chi connectivity index (χ0v) is 15.2. The van der Waals surface area contributed by atoms with Crippen molar-refractivity contribution in [2.24, 2.45) is 5.41 Å². The number of nitrogens with zero attached hydrogens (tertiary/aromatic N) is 1. The molecule has 1 heterocycles. The molecule has 21 heavy (non-hydrogen) atoms. The first-order valence-corrected chi connectivity index (χ1v) is 9.43. The van der Waals surface area contributed by atoms with Crippen molar-refractivity contribution < 1.29 is 8.42 Å². The molecule has 0 atom stereocenters. The summed E-state index contributed by atoms with van der Waals surface area (Å²) < 4.78 is 27.9. The molecule has 0 spiro atoms. The molecule has 1 aromatic rings. The highest BCUT2D eigenvalue weighted by molar-refractivity contribution is 9.10. The highest BCUT2D eigenvalue weighted by atomic mass is 79.9. The fraction of sp³-hybridized carbons (Fsp3) is 0.600. The molecular formula is C15H23BrN2O2S. The molecule has 4 nitrogen and oxygen atoms in total. The third kappa shape index (κ3) is 3.86. The second-order valence-electron chi connectivity index (χ2n) is 6.40. The van der Waals surface area contributed by atoms with Crippen molar-refractivity contribution in [2.75, 3.05) is 20.1 Å². The van der Waals surface area contributed by atoms with Crippen LogP contribution in [0.5, 0.6) is 0 Å². The Labute approximate surface area is 136 Å². The number of hydrogen-bond donors (Lipinski definition) is 1. The van der Waals surface area contributed by atoms with E-state index in [0.29, 0.717) is 22.5 Å². The second kappa shape index (κ2) is 6.36. The molecule has 1 aliphatic rings. The van der Waals surface area contributed by atoms with Crippen molar-refractivity contribution in [3.63, 3.8) is 0 Å². The van der Waals surface area contributed by atoms with E-state index in [1.165, 1.54) is 0 Å². The van der Waals surface area contributed by atoms with Crippen LogP contribution in [-0.2, 0) is 16.6 Å².